The van der Waals surface area contributed by atoms with Gasteiger partial charge in [-0.25, -0.2) is 0 Å². The standard InChI is InChI=1S/C10H24N2OSi/c1-4-6-7-8-12-10(11(3)14-12)13-9-5-2/h10H,4-9,14H2,1-3H3. The molecule has 1 heterocycles. The zero-order chi connectivity index (χ0) is 10.4. The van der Waals surface area contributed by atoms with Crippen molar-refractivity contribution < 1.29 is 4.74 Å². The monoisotopic (exact) mass is 216 g/mol. The van der Waals surface area contributed by atoms with E-state index >= 15 is 0 Å². The predicted molar refractivity (Wildman–Crippen MR) is 62.6 cm³/mol. The summed E-state index contributed by atoms with van der Waals surface area (Å²) in [7, 11) is 2.07. The Morgan fingerprint density at radius 1 is 1.21 bits per heavy atom. The molecule has 0 amide bonds. The van der Waals surface area contributed by atoms with Gasteiger partial charge in [-0.2, -0.15) is 0 Å². The molecule has 14 heavy (non-hydrogen) atoms. The summed E-state index contributed by atoms with van der Waals surface area (Å²) in [5.74, 6) is 0. The molecule has 0 radical (unpaired) electrons. The van der Waals surface area contributed by atoms with Crippen LogP contribution in [0.1, 0.15) is 39.5 Å². The first kappa shape index (κ1) is 12.2. The van der Waals surface area contributed by atoms with Gasteiger partial charge in [0.15, 0.2) is 16.2 Å². The highest BCUT2D eigenvalue weighted by molar-refractivity contribution is 6.31. The van der Waals surface area contributed by atoms with Gasteiger partial charge < -0.3 is 4.74 Å². The maximum atomic E-state index is 5.77. The fourth-order valence-electron chi connectivity index (χ4n) is 1.81. The predicted octanol–water partition coefficient (Wildman–Crippen LogP) is 1.13. The number of nitrogens with zero attached hydrogens (tertiary/aromatic N) is 2. The summed E-state index contributed by atoms with van der Waals surface area (Å²) in [6.07, 6.45) is 5.44. The topological polar surface area (TPSA) is 15.7 Å². The minimum Gasteiger partial charge on any atom is -0.351 e. The second-order valence-corrected chi connectivity index (χ2v) is 6.21. The lowest BCUT2D eigenvalue weighted by atomic mass is 10.2. The maximum absolute atomic E-state index is 5.77. The molecule has 3 nitrogen and oxygen atoms in total. The molecule has 1 saturated heterocycles. The molecule has 1 atom stereocenters. The van der Waals surface area contributed by atoms with Gasteiger partial charge in [-0.3, -0.25) is 9.13 Å². The van der Waals surface area contributed by atoms with E-state index in [1.54, 1.807) is 0 Å². The number of unbranched alkanes of at least 4 members (excludes halogenated alkanes) is 2. The second kappa shape index (κ2) is 6.56. The zero-order valence-electron chi connectivity index (χ0n) is 9.83. The fraction of sp³-hybridized carbons (Fsp3) is 1.00. The lowest BCUT2D eigenvalue weighted by Crippen LogP contribution is -2.66. The van der Waals surface area contributed by atoms with Crippen LogP contribution < -0.4 is 0 Å². The van der Waals surface area contributed by atoms with Gasteiger partial charge in [0.05, 0.1) is 0 Å². The molecule has 1 unspecified atom stereocenters. The van der Waals surface area contributed by atoms with E-state index in [1.807, 2.05) is 0 Å². The Morgan fingerprint density at radius 3 is 2.57 bits per heavy atom. The van der Waals surface area contributed by atoms with Gasteiger partial charge >= 0.3 is 0 Å². The smallest absolute Gasteiger partial charge is 0.179 e. The lowest BCUT2D eigenvalue weighted by Gasteiger charge is -2.48. The van der Waals surface area contributed by atoms with Crippen molar-refractivity contribution >= 4 is 9.84 Å². The first-order chi connectivity index (χ1) is 6.79. The SMILES string of the molecule is CCCCCN1[SiH2]N(C)C1OCCC. The summed E-state index contributed by atoms with van der Waals surface area (Å²) in [6.45, 7) is 6.56. The Kier molecular flexibility index (Phi) is 5.70. The van der Waals surface area contributed by atoms with E-state index in [0.29, 0.717) is 6.35 Å². The van der Waals surface area contributed by atoms with Crippen molar-refractivity contribution in [1.82, 2.24) is 9.13 Å². The largest absolute Gasteiger partial charge is 0.351 e. The van der Waals surface area contributed by atoms with E-state index in [9.17, 15) is 0 Å². The van der Waals surface area contributed by atoms with Crippen LogP contribution in [0.5, 0.6) is 0 Å². The highest BCUT2D eigenvalue weighted by Crippen LogP contribution is 2.16. The Hall–Kier alpha value is 0.0969. The first-order valence-electron chi connectivity index (χ1n) is 5.85. The van der Waals surface area contributed by atoms with Crippen molar-refractivity contribution in [2.75, 3.05) is 20.2 Å². The minimum atomic E-state index is -0.118. The van der Waals surface area contributed by atoms with Crippen LogP contribution in [0.15, 0.2) is 0 Å². The highest BCUT2D eigenvalue weighted by Gasteiger charge is 2.33. The van der Waals surface area contributed by atoms with E-state index in [1.165, 1.54) is 25.8 Å². The summed E-state index contributed by atoms with van der Waals surface area (Å²) in [5, 5.41) is 0. The molecular formula is C10H24N2OSi. The quantitative estimate of drug-likeness (QED) is 0.469. The van der Waals surface area contributed by atoms with Gasteiger partial charge in [-0.1, -0.05) is 26.7 Å². The molecule has 84 valence electrons. The van der Waals surface area contributed by atoms with Crippen molar-refractivity contribution in [1.29, 1.82) is 0 Å². The Balaban J connectivity index is 2.12. The molecule has 0 aromatic heterocycles. The van der Waals surface area contributed by atoms with Crippen LogP contribution in [0.3, 0.4) is 0 Å². The third kappa shape index (κ3) is 3.35. The lowest BCUT2D eigenvalue weighted by molar-refractivity contribution is -0.125. The van der Waals surface area contributed by atoms with E-state index < -0.39 is 0 Å². The average Bonchev–Trinajstić information content (AvgIpc) is 2.17. The molecule has 1 aliphatic rings. The van der Waals surface area contributed by atoms with Crippen molar-refractivity contribution in [3.63, 3.8) is 0 Å². The second-order valence-electron chi connectivity index (χ2n) is 4.11. The van der Waals surface area contributed by atoms with Gasteiger partial charge in [-0.15, -0.1) is 0 Å². The van der Waals surface area contributed by atoms with Crippen LogP contribution in [0, 0.1) is 0 Å². The minimum absolute atomic E-state index is 0.118. The van der Waals surface area contributed by atoms with Crippen LogP contribution in [0.25, 0.3) is 0 Å². The summed E-state index contributed by atoms with van der Waals surface area (Å²) >= 11 is 0. The first-order valence-corrected chi connectivity index (χ1v) is 7.12. The number of ether oxygens (including phenoxy) is 1. The van der Waals surface area contributed by atoms with E-state index in [4.69, 9.17) is 4.74 Å². The van der Waals surface area contributed by atoms with Crippen LogP contribution >= 0.6 is 0 Å². The third-order valence-corrected chi connectivity index (χ3v) is 4.36. The summed E-state index contributed by atoms with van der Waals surface area (Å²) in [6, 6.07) is 0. The molecule has 0 aromatic carbocycles. The molecule has 0 aromatic rings. The molecule has 0 saturated carbocycles. The van der Waals surface area contributed by atoms with Crippen molar-refractivity contribution in [3.05, 3.63) is 0 Å². The molecule has 4 heteroatoms. The van der Waals surface area contributed by atoms with E-state index in [-0.39, 0.29) is 9.84 Å². The molecule has 1 rings (SSSR count). The van der Waals surface area contributed by atoms with Gasteiger partial charge in [0, 0.05) is 6.61 Å². The van der Waals surface area contributed by atoms with Crippen LogP contribution in [-0.4, -0.2) is 45.5 Å². The van der Waals surface area contributed by atoms with Crippen molar-refractivity contribution in [3.8, 4) is 0 Å². The van der Waals surface area contributed by atoms with Crippen molar-refractivity contribution in [2.24, 2.45) is 0 Å². The third-order valence-electron chi connectivity index (χ3n) is 2.61. The van der Waals surface area contributed by atoms with E-state index in [2.05, 4.69) is 30.0 Å². The number of hydrogen-bond donors (Lipinski definition) is 0. The molecule has 1 fully saturated rings. The van der Waals surface area contributed by atoms with Crippen LogP contribution in [-0.2, 0) is 4.74 Å². The Morgan fingerprint density at radius 2 is 2.00 bits per heavy atom. The zero-order valence-corrected chi connectivity index (χ0v) is 11.2. The maximum Gasteiger partial charge on any atom is 0.179 e. The van der Waals surface area contributed by atoms with Gasteiger partial charge in [0.25, 0.3) is 0 Å². The normalized spacial score (nSPS) is 25.5. The molecule has 0 N–H and O–H groups in total. The fourth-order valence-corrected chi connectivity index (χ4v) is 3.44. The number of hydrogen-bond acceptors (Lipinski definition) is 3. The van der Waals surface area contributed by atoms with Crippen LogP contribution in [0.4, 0.5) is 0 Å². The molecular weight excluding hydrogens is 192 g/mol. The molecule has 1 aliphatic heterocycles. The van der Waals surface area contributed by atoms with Gasteiger partial charge in [0.2, 0.25) is 0 Å². The molecule has 0 aliphatic carbocycles. The van der Waals surface area contributed by atoms with Gasteiger partial charge in [-0.05, 0) is 26.4 Å². The summed E-state index contributed by atoms with van der Waals surface area (Å²) in [5.41, 5.74) is 0. The van der Waals surface area contributed by atoms with Crippen molar-refractivity contribution in [2.45, 2.75) is 45.9 Å². The number of rotatable bonds is 7. The van der Waals surface area contributed by atoms with Crippen LogP contribution in [0.2, 0.25) is 0 Å². The summed E-state index contributed by atoms with van der Waals surface area (Å²) in [4.78, 5) is 0. The average molecular weight is 216 g/mol. The Bertz CT molecular complexity index is 157. The van der Waals surface area contributed by atoms with E-state index in [0.717, 1.165) is 13.0 Å². The summed E-state index contributed by atoms with van der Waals surface area (Å²) < 4.78 is 10.7. The van der Waals surface area contributed by atoms with Gasteiger partial charge in [0.1, 0.15) is 0 Å². The highest BCUT2D eigenvalue weighted by atomic mass is 28.2. The molecule has 0 spiro atoms. The Labute approximate surface area is 90.4 Å². The molecule has 0 bridgehead atoms.